The summed E-state index contributed by atoms with van der Waals surface area (Å²) in [4.78, 5) is 22.4. The van der Waals surface area contributed by atoms with Crippen LogP contribution < -0.4 is 10.6 Å². The maximum absolute atomic E-state index is 11.2. The van der Waals surface area contributed by atoms with E-state index in [0.717, 1.165) is 0 Å². The van der Waals surface area contributed by atoms with Crippen LogP contribution in [0.4, 0.5) is 0 Å². The van der Waals surface area contributed by atoms with Gasteiger partial charge in [0.25, 0.3) is 0 Å². The topological polar surface area (TPSA) is 58.2 Å². The van der Waals surface area contributed by atoms with Crippen molar-refractivity contribution in [2.75, 3.05) is 0 Å². The average Bonchev–Trinajstić information content (AvgIpc) is 2.08. The van der Waals surface area contributed by atoms with E-state index in [1.54, 1.807) is 0 Å². The number of hydrogen-bond donors (Lipinski definition) is 2. The van der Waals surface area contributed by atoms with E-state index in [1.165, 1.54) is 0 Å². The lowest BCUT2D eigenvalue weighted by Crippen LogP contribution is -2.61. The largest absolute Gasteiger partial charge is 0.343 e. The number of carbonyl (C=O) groups is 2. The molecule has 4 nitrogen and oxygen atoms in total. The summed E-state index contributed by atoms with van der Waals surface area (Å²) in [5, 5.41) is 5.33. The molecule has 0 spiro atoms. The first-order valence-electron chi connectivity index (χ1n) is 4.29. The molecule has 0 aromatic heterocycles. The molecule has 0 saturated carbocycles. The second-order valence-corrected chi connectivity index (χ2v) is 2.94. The van der Waals surface area contributed by atoms with Gasteiger partial charge in [-0.15, -0.1) is 0 Å². The minimum absolute atomic E-state index is 0.0658. The van der Waals surface area contributed by atoms with E-state index in [4.69, 9.17) is 0 Å². The Kier molecular flexibility index (Phi) is 2.68. The van der Waals surface area contributed by atoms with Crippen molar-refractivity contribution < 1.29 is 9.59 Å². The number of amides is 2. The molecule has 2 amide bonds. The number of hydrogen-bond acceptors (Lipinski definition) is 2. The van der Waals surface area contributed by atoms with Gasteiger partial charge in [-0.25, -0.2) is 0 Å². The Balaban J connectivity index is 2.61. The van der Waals surface area contributed by atoms with Gasteiger partial charge in [0.15, 0.2) is 0 Å². The fourth-order valence-corrected chi connectivity index (χ4v) is 1.25. The van der Waals surface area contributed by atoms with Crippen LogP contribution in [0.3, 0.4) is 0 Å². The molecule has 1 heterocycles. The van der Waals surface area contributed by atoms with Crippen LogP contribution in [0.15, 0.2) is 0 Å². The Bertz CT molecular complexity index is 181. The Labute approximate surface area is 71.7 Å². The van der Waals surface area contributed by atoms with Crippen molar-refractivity contribution in [3.63, 3.8) is 0 Å². The molecule has 1 aliphatic heterocycles. The van der Waals surface area contributed by atoms with Crippen molar-refractivity contribution >= 4 is 11.8 Å². The normalized spacial score (nSPS) is 29.5. The summed E-state index contributed by atoms with van der Waals surface area (Å²) in [7, 11) is 0. The van der Waals surface area contributed by atoms with Gasteiger partial charge in [-0.1, -0.05) is 13.8 Å². The number of carbonyl (C=O) groups excluding carboxylic acids is 2. The fraction of sp³-hybridized carbons (Fsp3) is 0.750. The first-order valence-corrected chi connectivity index (χ1v) is 4.29. The Morgan fingerprint density at radius 2 is 1.33 bits per heavy atom. The second-order valence-electron chi connectivity index (χ2n) is 2.94. The highest BCUT2D eigenvalue weighted by molar-refractivity contribution is 5.96. The summed E-state index contributed by atoms with van der Waals surface area (Å²) < 4.78 is 0. The molecule has 2 unspecified atom stereocenters. The van der Waals surface area contributed by atoms with E-state index >= 15 is 0 Å². The highest BCUT2D eigenvalue weighted by Crippen LogP contribution is 2.02. The average molecular weight is 170 g/mol. The maximum atomic E-state index is 11.2. The predicted octanol–water partition coefficient (Wildman–Crippen LogP) is -0.210. The first kappa shape index (κ1) is 9.03. The van der Waals surface area contributed by atoms with Crippen molar-refractivity contribution in [2.45, 2.75) is 38.8 Å². The van der Waals surface area contributed by atoms with Crippen molar-refractivity contribution in [1.29, 1.82) is 0 Å². The van der Waals surface area contributed by atoms with Crippen molar-refractivity contribution in [1.82, 2.24) is 10.6 Å². The highest BCUT2D eigenvalue weighted by atomic mass is 16.2. The summed E-state index contributed by atoms with van der Waals surface area (Å²) in [6.45, 7) is 3.74. The van der Waals surface area contributed by atoms with Crippen LogP contribution in [0.1, 0.15) is 26.7 Å². The van der Waals surface area contributed by atoms with E-state index in [1.807, 2.05) is 13.8 Å². The molecule has 0 aromatic rings. The zero-order valence-electron chi connectivity index (χ0n) is 7.39. The Morgan fingerprint density at radius 3 is 1.58 bits per heavy atom. The van der Waals surface area contributed by atoms with Gasteiger partial charge in [0.1, 0.15) is 12.1 Å². The third-order valence-corrected chi connectivity index (χ3v) is 2.08. The molecule has 1 fully saturated rings. The molecule has 12 heavy (non-hydrogen) atoms. The zero-order valence-corrected chi connectivity index (χ0v) is 7.39. The summed E-state index contributed by atoms with van der Waals surface area (Å²) in [6, 6.07) is -0.666. The van der Waals surface area contributed by atoms with E-state index in [0.29, 0.717) is 12.8 Å². The smallest absolute Gasteiger partial charge is 0.243 e. The molecule has 1 saturated heterocycles. The third kappa shape index (κ3) is 1.57. The lowest BCUT2D eigenvalue weighted by molar-refractivity contribution is -0.136. The van der Waals surface area contributed by atoms with Crippen LogP contribution >= 0.6 is 0 Å². The fourth-order valence-electron chi connectivity index (χ4n) is 1.25. The van der Waals surface area contributed by atoms with Crippen LogP contribution in [0.2, 0.25) is 0 Å². The summed E-state index contributed by atoms with van der Waals surface area (Å²) >= 11 is 0. The molecule has 4 heteroatoms. The van der Waals surface area contributed by atoms with Crippen molar-refractivity contribution in [3.8, 4) is 0 Å². The highest BCUT2D eigenvalue weighted by Gasteiger charge is 2.30. The zero-order chi connectivity index (χ0) is 9.14. The standard InChI is InChI=1S/C8H14N2O2/c1-3-5-7(11)10-6(4-2)8(12)9-5/h5-6H,3-4H2,1-2H3,(H,9,12)(H,10,11). The second kappa shape index (κ2) is 3.56. The molecule has 1 rings (SSSR count). The number of rotatable bonds is 2. The Morgan fingerprint density at radius 1 is 1.00 bits per heavy atom. The number of piperazine rings is 1. The summed E-state index contributed by atoms with van der Waals surface area (Å²) in [5.41, 5.74) is 0. The lowest BCUT2D eigenvalue weighted by atomic mass is 10.1. The molecule has 2 N–H and O–H groups in total. The van der Waals surface area contributed by atoms with E-state index < -0.39 is 0 Å². The summed E-state index contributed by atoms with van der Waals surface area (Å²) in [6.07, 6.45) is 1.29. The van der Waals surface area contributed by atoms with E-state index in [2.05, 4.69) is 10.6 Å². The van der Waals surface area contributed by atoms with Crippen LogP contribution in [0, 0.1) is 0 Å². The van der Waals surface area contributed by atoms with Gasteiger partial charge < -0.3 is 10.6 Å². The van der Waals surface area contributed by atoms with Crippen LogP contribution in [0.25, 0.3) is 0 Å². The molecule has 0 aromatic carbocycles. The van der Waals surface area contributed by atoms with Gasteiger partial charge >= 0.3 is 0 Å². The Hall–Kier alpha value is -1.06. The van der Waals surface area contributed by atoms with E-state index in [-0.39, 0.29) is 23.9 Å². The molecule has 0 bridgehead atoms. The summed E-state index contributed by atoms with van der Waals surface area (Å²) in [5.74, 6) is -0.132. The first-order chi connectivity index (χ1) is 5.69. The van der Waals surface area contributed by atoms with Crippen LogP contribution in [-0.4, -0.2) is 23.9 Å². The van der Waals surface area contributed by atoms with Gasteiger partial charge in [0.2, 0.25) is 11.8 Å². The molecular weight excluding hydrogens is 156 g/mol. The van der Waals surface area contributed by atoms with Gasteiger partial charge in [-0.05, 0) is 12.8 Å². The van der Waals surface area contributed by atoms with Crippen LogP contribution in [-0.2, 0) is 9.59 Å². The van der Waals surface area contributed by atoms with Crippen molar-refractivity contribution in [2.24, 2.45) is 0 Å². The molecule has 68 valence electrons. The van der Waals surface area contributed by atoms with Crippen LogP contribution in [0.5, 0.6) is 0 Å². The lowest BCUT2D eigenvalue weighted by Gasteiger charge is -2.28. The van der Waals surface area contributed by atoms with E-state index in [9.17, 15) is 9.59 Å². The molecule has 0 aliphatic carbocycles. The third-order valence-electron chi connectivity index (χ3n) is 2.08. The maximum Gasteiger partial charge on any atom is 0.243 e. The monoisotopic (exact) mass is 170 g/mol. The van der Waals surface area contributed by atoms with Gasteiger partial charge in [0, 0.05) is 0 Å². The number of nitrogens with one attached hydrogen (secondary N) is 2. The molecule has 0 radical (unpaired) electrons. The SMILES string of the molecule is CCC1NC(=O)C(CC)NC1=O. The quantitative estimate of drug-likeness (QED) is 0.602. The van der Waals surface area contributed by atoms with Gasteiger partial charge in [-0.3, -0.25) is 9.59 Å². The van der Waals surface area contributed by atoms with Crippen molar-refractivity contribution in [3.05, 3.63) is 0 Å². The molecule has 2 atom stereocenters. The van der Waals surface area contributed by atoms with Gasteiger partial charge in [-0.2, -0.15) is 0 Å². The predicted molar refractivity (Wildman–Crippen MR) is 44.4 cm³/mol. The molecular formula is C8H14N2O2. The minimum atomic E-state index is -0.333. The molecule has 1 aliphatic rings. The van der Waals surface area contributed by atoms with Gasteiger partial charge in [0.05, 0.1) is 0 Å². The minimum Gasteiger partial charge on any atom is -0.343 e.